The Hall–Kier alpha value is -3.88. The second-order valence-electron chi connectivity index (χ2n) is 8.31. The molecule has 1 aliphatic heterocycles. The van der Waals surface area contributed by atoms with Crippen molar-refractivity contribution in [3.63, 3.8) is 0 Å². The van der Waals surface area contributed by atoms with Crippen LogP contribution in [0.3, 0.4) is 0 Å². The Bertz CT molecular complexity index is 1040. The van der Waals surface area contributed by atoms with E-state index in [0.29, 0.717) is 37.2 Å². The molecule has 3 rings (SSSR count). The zero-order valence-corrected chi connectivity index (χ0v) is 19.2. The van der Waals surface area contributed by atoms with Crippen LogP contribution in [-0.2, 0) is 14.4 Å². The van der Waals surface area contributed by atoms with Crippen molar-refractivity contribution in [1.82, 2.24) is 4.90 Å². The highest BCUT2D eigenvalue weighted by atomic mass is 16.4. The van der Waals surface area contributed by atoms with Gasteiger partial charge in [-0.25, -0.2) is 4.79 Å². The summed E-state index contributed by atoms with van der Waals surface area (Å²) in [4.78, 5) is 49.7. The molecule has 2 aromatic rings. The number of carbonyl (C=O) groups is 4. The molecule has 1 unspecified atom stereocenters. The van der Waals surface area contributed by atoms with Crippen LogP contribution in [0.15, 0.2) is 48.5 Å². The molecule has 0 aliphatic carbocycles. The zero-order valence-electron chi connectivity index (χ0n) is 19.2. The predicted molar refractivity (Wildman–Crippen MR) is 130 cm³/mol. The molecule has 9 heteroatoms. The summed E-state index contributed by atoms with van der Waals surface area (Å²) in [6.07, 6.45) is 2.54. The number of carbonyl (C=O) groups excluding carboxylic acids is 3. The van der Waals surface area contributed by atoms with E-state index in [2.05, 4.69) is 16.0 Å². The number of benzene rings is 2. The van der Waals surface area contributed by atoms with E-state index in [9.17, 15) is 19.2 Å². The number of carboxylic acids is 1. The monoisotopic (exact) mass is 466 g/mol. The third-order valence-corrected chi connectivity index (χ3v) is 5.71. The van der Waals surface area contributed by atoms with Gasteiger partial charge in [-0.05, 0) is 68.5 Å². The van der Waals surface area contributed by atoms with E-state index < -0.39 is 12.0 Å². The van der Waals surface area contributed by atoms with E-state index in [4.69, 9.17) is 5.11 Å². The summed E-state index contributed by atoms with van der Waals surface area (Å²) in [5.74, 6) is -1.25. The van der Waals surface area contributed by atoms with Crippen LogP contribution in [0.4, 0.5) is 21.9 Å². The summed E-state index contributed by atoms with van der Waals surface area (Å²) in [6, 6.07) is 13.3. The molecule has 0 radical (unpaired) electrons. The Labute approximate surface area is 198 Å². The molecule has 1 aliphatic rings. The maximum atomic E-state index is 12.8. The highest BCUT2D eigenvalue weighted by molar-refractivity contribution is 6.01. The van der Waals surface area contributed by atoms with Crippen LogP contribution in [0.5, 0.6) is 0 Å². The lowest BCUT2D eigenvalue weighted by atomic mass is 10.1. The first-order valence-electron chi connectivity index (χ1n) is 11.4. The Balaban J connectivity index is 1.49. The average molecular weight is 467 g/mol. The Kier molecular flexibility index (Phi) is 8.61. The van der Waals surface area contributed by atoms with E-state index >= 15 is 0 Å². The van der Waals surface area contributed by atoms with Crippen LogP contribution in [0.2, 0.25) is 0 Å². The summed E-state index contributed by atoms with van der Waals surface area (Å²) in [5.41, 5.74) is 2.82. The average Bonchev–Trinajstić information content (AvgIpc) is 3.30. The normalized spacial score (nSPS) is 15.0. The van der Waals surface area contributed by atoms with Gasteiger partial charge in [0, 0.05) is 36.4 Å². The number of aliphatic carboxylic acids is 1. The number of aryl methyl sites for hydroxylation is 1. The van der Waals surface area contributed by atoms with Crippen molar-refractivity contribution in [1.29, 1.82) is 0 Å². The zero-order chi connectivity index (χ0) is 24.5. The molecule has 1 fully saturated rings. The van der Waals surface area contributed by atoms with Gasteiger partial charge in [-0.1, -0.05) is 18.2 Å². The topological polar surface area (TPSA) is 128 Å². The summed E-state index contributed by atoms with van der Waals surface area (Å²) >= 11 is 0. The predicted octanol–water partition coefficient (Wildman–Crippen LogP) is 4.21. The molecule has 4 amide bonds. The Morgan fingerprint density at radius 3 is 2.24 bits per heavy atom. The minimum atomic E-state index is -0.876. The summed E-state index contributed by atoms with van der Waals surface area (Å²) in [6.45, 7) is 2.43. The van der Waals surface area contributed by atoms with Crippen molar-refractivity contribution < 1.29 is 24.3 Å². The van der Waals surface area contributed by atoms with E-state index in [1.165, 1.54) is 0 Å². The van der Waals surface area contributed by atoms with Crippen LogP contribution in [-0.4, -0.2) is 46.4 Å². The molecule has 1 saturated heterocycles. The largest absolute Gasteiger partial charge is 0.481 e. The minimum Gasteiger partial charge on any atom is -0.481 e. The minimum absolute atomic E-state index is 0.0373. The lowest BCUT2D eigenvalue weighted by Crippen LogP contribution is -2.43. The number of likely N-dealkylation sites (tertiary alicyclic amines) is 1. The van der Waals surface area contributed by atoms with Gasteiger partial charge < -0.3 is 26.0 Å². The quantitative estimate of drug-likeness (QED) is 0.412. The summed E-state index contributed by atoms with van der Waals surface area (Å²) < 4.78 is 0. The maximum absolute atomic E-state index is 12.8. The third kappa shape index (κ3) is 7.06. The second-order valence-corrected chi connectivity index (χ2v) is 8.31. The maximum Gasteiger partial charge on any atom is 0.323 e. The van der Waals surface area contributed by atoms with Crippen molar-refractivity contribution in [2.45, 2.75) is 51.5 Å². The van der Waals surface area contributed by atoms with E-state index in [1.54, 1.807) is 29.2 Å². The molecule has 180 valence electrons. The van der Waals surface area contributed by atoms with Gasteiger partial charge in [-0.3, -0.25) is 14.4 Å². The SMILES string of the molecule is Cc1ccccc1NC(=O)Nc1ccc(NC(=O)C2CCCN2C(=O)CCCCC(=O)O)cc1. The Morgan fingerprint density at radius 1 is 0.912 bits per heavy atom. The lowest BCUT2D eigenvalue weighted by molar-refractivity contribution is -0.138. The van der Waals surface area contributed by atoms with Gasteiger partial charge in [0.25, 0.3) is 0 Å². The van der Waals surface area contributed by atoms with Gasteiger partial charge in [-0.15, -0.1) is 0 Å². The summed E-state index contributed by atoms with van der Waals surface area (Å²) in [5, 5.41) is 17.1. The second kappa shape index (κ2) is 11.8. The molecule has 0 spiro atoms. The van der Waals surface area contributed by atoms with Gasteiger partial charge in [0.1, 0.15) is 6.04 Å². The van der Waals surface area contributed by atoms with Crippen LogP contribution < -0.4 is 16.0 Å². The van der Waals surface area contributed by atoms with Crippen molar-refractivity contribution in [2.24, 2.45) is 0 Å². The number of urea groups is 1. The molecule has 2 aromatic carbocycles. The number of hydrogen-bond donors (Lipinski definition) is 4. The fourth-order valence-corrected chi connectivity index (χ4v) is 3.89. The van der Waals surface area contributed by atoms with Crippen molar-refractivity contribution >= 4 is 40.9 Å². The fourth-order valence-electron chi connectivity index (χ4n) is 3.89. The standard InChI is InChI=1S/C25H30N4O5/c1-17-7-2-3-8-20(17)28-25(34)27-19-14-12-18(13-15-19)26-24(33)21-9-6-16-29(21)22(30)10-4-5-11-23(31)32/h2-3,7-8,12-15,21H,4-6,9-11,16H2,1H3,(H,26,33)(H,31,32)(H2,27,28,34). The smallest absolute Gasteiger partial charge is 0.323 e. The lowest BCUT2D eigenvalue weighted by Gasteiger charge is -2.24. The highest BCUT2D eigenvalue weighted by Gasteiger charge is 2.33. The number of anilines is 3. The van der Waals surface area contributed by atoms with Gasteiger partial charge in [0.05, 0.1) is 0 Å². The number of rotatable bonds is 9. The van der Waals surface area contributed by atoms with Gasteiger partial charge in [0.15, 0.2) is 0 Å². The van der Waals surface area contributed by atoms with Crippen molar-refractivity contribution in [2.75, 3.05) is 22.5 Å². The Morgan fingerprint density at radius 2 is 1.56 bits per heavy atom. The van der Waals surface area contributed by atoms with Crippen LogP contribution in [0.25, 0.3) is 0 Å². The first-order chi connectivity index (χ1) is 16.3. The molecule has 0 aromatic heterocycles. The molecular weight excluding hydrogens is 436 g/mol. The number of hydrogen-bond acceptors (Lipinski definition) is 4. The first kappa shape index (κ1) is 24.8. The number of amides is 4. The van der Waals surface area contributed by atoms with Crippen molar-refractivity contribution in [3.8, 4) is 0 Å². The molecule has 0 saturated carbocycles. The van der Waals surface area contributed by atoms with E-state index in [0.717, 1.165) is 17.7 Å². The molecule has 34 heavy (non-hydrogen) atoms. The number of carboxylic acid groups (broad SMARTS) is 1. The number of nitrogens with zero attached hydrogens (tertiary/aromatic N) is 1. The van der Waals surface area contributed by atoms with E-state index in [1.807, 2.05) is 31.2 Å². The highest BCUT2D eigenvalue weighted by Crippen LogP contribution is 2.22. The molecule has 1 heterocycles. The molecule has 0 bridgehead atoms. The van der Waals surface area contributed by atoms with Crippen LogP contribution >= 0.6 is 0 Å². The van der Waals surface area contributed by atoms with Crippen molar-refractivity contribution in [3.05, 3.63) is 54.1 Å². The molecule has 1 atom stereocenters. The van der Waals surface area contributed by atoms with Gasteiger partial charge >= 0.3 is 12.0 Å². The molecule has 4 N–H and O–H groups in total. The third-order valence-electron chi connectivity index (χ3n) is 5.71. The van der Waals surface area contributed by atoms with Gasteiger partial charge in [0.2, 0.25) is 11.8 Å². The first-order valence-corrected chi connectivity index (χ1v) is 11.4. The van der Waals surface area contributed by atoms with Gasteiger partial charge in [-0.2, -0.15) is 0 Å². The van der Waals surface area contributed by atoms with Crippen LogP contribution in [0, 0.1) is 6.92 Å². The number of nitrogens with one attached hydrogen (secondary N) is 3. The molecule has 9 nitrogen and oxygen atoms in total. The molecular formula is C25H30N4O5. The van der Waals surface area contributed by atoms with E-state index in [-0.39, 0.29) is 30.7 Å². The number of para-hydroxylation sites is 1. The van der Waals surface area contributed by atoms with Crippen LogP contribution in [0.1, 0.15) is 44.1 Å². The summed E-state index contributed by atoms with van der Waals surface area (Å²) in [7, 11) is 0. The number of unbranched alkanes of at least 4 members (excludes halogenated alkanes) is 1. The fraction of sp³-hybridized carbons (Fsp3) is 0.360.